The fourth-order valence-electron chi connectivity index (χ4n) is 3.02. The van der Waals surface area contributed by atoms with E-state index in [2.05, 4.69) is 16.0 Å². The molecule has 3 amide bonds. The third kappa shape index (κ3) is 6.60. The van der Waals surface area contributed by atoms with E-state index in [1.165, 1.54) is 32.1 Å². The van der Waals surface area contributed by atoms with Gasteiger partial charge in [-0.2, -0.15) is 0 Å². The Hall–Kier alpha value is -2.04. The molecule has 1 aliphatic carbocycles. The molecular weight excluding hydrogens is 302 g/mol. The van der Waals surface area contributed by atoms with Crippen LogP contribution in [0.25, 0.3) is 0 Å². The molecule has 0 atom stereocenters. The molecular formula is C19H29N3O2. The van der Waals surface area contributed by atoms with E-state index in [1.54, 1.807) is 24.3 Å². The van der Waals surface area contributed by atoms with E-state index in [1.807, 2.05) is 13.8 Å². The lowest BCUT2D eigenvalue weighted by atomic mass is 9.89. The lowest BCUT2D eigenvalue weighted by Gasteiger charge is -2.21. The smallest absolute Gasteiger partial charge is 0.319 e. The Balaban J connectivity index is 1.74. The van der Waals surface area contributed by atoms with Crippen molar-refractivity contribution in [3.63, 3.8) is 0 Å². The number of anilines is 2. The van der Waals surface area contributed by atoms with Crippen LogP contribution in [0, 0.1) is 11.8 Å². The first-order chi connectivity index (χ1) is 11.5. The van der Waals surface area contributed by atoms with Crippen molar-refractivity contribution < 1.29 is 9.59 Å². The number of carbonyl (C=O) groups excluding carboxylic acids is 2. The summed E-state index contributed by atoms with van der Waals surface area (Å²) in [5, 5.41) is 8.64. The summed E-state index contributed by atoms with van der Waals surface area (Å²) in [6, 6.07) is 7.03. The summed E-state index contributed by atoms with van der Waals surface area (Å²) in [5.74, 6) is 0.956. The molecule has 5 nitrogen and oxygen atoms in total. The zero-order valence-electron chi connectivity index (χ0n) is 14.7. The summed E-state index contributed by atoms with van der Waals surface area (Å²) in [4.78, 5) is 23.7. The number of nitrogens with one attached hydrogen (secondary N) is 3. The van der Waals surface area contributed by atoms with Crippen molar-refractivity contribution in [1.82, 2.24) is 5.32 Å². The van der Waals surface area contributed by atoms with E-state index in [4.69, 9.17) is 0 Å². The minimum absolute atomic E-state index is 0.0101. The molecule has 5 heteroatoms. The van der Waals surface area contributed by atoms with Gasteiger partial charge in [0, 0.05) is 24.3 Å². The minimum Gasteiger partial charge on any atom is -0.338 e. The van der Waals surface area contributed by atoms with Gasteiger partial charge in [-0.25, -0.2) is 4.79 Å². The fraction of sp³-hybridized carbons (Fsp3) is 0.579. The number of benzene rings is 1. The van der Waals surface area contributed by atoms with E-state index in [9.17, 15) is 9.59 Å². The van der Waals surface area contributed by atoms with E-state index in [-0.39, 0.29) is 11.9 Å². The van der Waals surface area contributed by atoms with Crippen molar-refractivity contribution in [3.05, 3.63) is 24.3 Å². The molecule has 0 saturated heterocycles. The van der Waals surface area contributed by atoms with Crippen molar-refractivity contribution in [2.45, 2.75) is 52.4 Å². The highest BCUT2D eigenvalue weighted by molar-refractivity contribution is 5.92. The van der Waals surface area contributed by atoms with Crippen LogP contribution in [0.3, 0.4) is 0 Å². The van der Waals surface area contributed by atoms with Crippen LogP contribution in [0.5, 0.6) is 0 Å². The molecule has 0 aromatic heterocycles. The van der Waals surface area contributed by atoms with Crippen LogP contribution in [0.1, 0.15) is 52.4 Å². The van der Waals surface area contributed by atoms with E-state index in [0.29, 0.717) is 18.3 Å². The summed E-state index contributed by atoms with van der Waals surface area (Å²) < 4.78 is 0. The summed E-state index contributed by atoms with van der Waals surface area (Å²) in [5.41, 5.74) is 1.46. The first-order valence-electron chi connectivity index (χ1n) is 8.97. The predicted molar refractivity (Wildman–Crippen MR) is 98.1 cm³/mol. The molecule has 0 heterocycles. The van der Waals surface area contributed by atoms with Gasteiger partial charge in [-0.15, -0.1) is 0 Å². The third-order valence-corrected chi connectivity index (χ3v) is 4.30. The summed E-state index contributed by atoms with van der Waals surface area (Å²) in [7, 11) is 0. The molecule has 1 fully saturated rings. The maximum atomic E-state index is 11.9. The van der Waals surface area contributed by atoms with E-state index >= 15 is 0 Å². The second-order valence-electron chi connectivity index (χ2n) is 7.06. The lowest BCUT2D eigenvalue weighted by molar-refractivity contribution is -0.116. The Morgan fingerprint density at radius 3 is 2.17 bits per heavy atom. The Morgan fingerprint density at radius 1 is 1.00 bits per heavy atom. The molecule has 24 heavy (non-hydrogen) atoms. The second kappa shape index (κ2) is 9.30. The van der Waals surface area contributed by atoms with Gasteiger partial charge >= 0.3 is 6.03 Å². The molecule has 1 aromatic carbocycles. The van der Waals surface area contributed by atoms with Crippen LogP contribution >= 0.6 is 0 Å². The van der Waals surface area contributed by atoms with E-state index in [0.717, 1.165) is 17.9 Å². The molecule has 3 N–H and O–H groups in total. The van der Waals surface area contributed by atoms with Crippen molar-refractivity contribution in [2.75, 3.05) is 17.2 Å². The summed E-state index contributed by atoms with van der Waals surface area (Å²) >= 11 is 0. The van der Waals surface area contributed by atoms with Gasteiger partial charge in [0.2, 0.25) is 5.91 Å². The van der Waals surface area contributed by atoms with Crippen molar-refractivity contribution >= 4 is 23.3 Å². The van der Waals surface area contributed by atoms with Crippen LogP contribution in [0.4, 0.5) is 16.2 Å². The number of hydrogen-bond acceptors (Lipinski definition) is 2. The molecule has 1 aromatic rings. The molecule has 0 bridgehead atoms. The number of amides is 3. The maximum absolute atomic E-state index is 11.9. The Kier molecular flexibility index (Phi) is 7.09. The SMILES string of the molecule is CC(C)CC(=O)Nc1ccc(NC(=O)NCC2CCCCC2)cc1. The van der Waals surface area contributed by atoms with Crippen molar-refractivity contribution in [2.24, 2.45) is 11.8 Å². The van der Waals surface area contributed by atoms with Gasteiger partial charge in [-0.3, -0.25) is 4.79 Å². The normalized spacial score (nSPS) is 15.1. The first-order valence-corrected chi connectivity index (χ1v) is 8.97. The highest BCUT2D eigenvalue weighted by atomic mass is 16.2. The molecule has 0 spiro atoms. The second-order valence-corrected chi connectivity index (χ2v) is 7.06. The highest BCUT2D eigenvalue weighted by Crippen LogP contribution is 2.22. The van der Waals surface area contributed by atoms with Gasteiger partial charge in [-0.05, 0) is 48.9 Å². The van der Waals surface area contributed by atoms with Crippen LogP contribution in [-0.2, 0) is 4.79 Å². The first kappa shape index (κ1) is 18.3. The van der Waals surface area contributed by atoms with Gasteiger partial charge in [0.25, 0.3) is 0 Å². The molecule has 1 saturated carbocycles. The average Bonchev–Trinajstić information content (AvgIpc) is 2.55. The number of carbonyl (C=O) groups is 2. The molecule has 0 aliphatic heterocycles. The van der Waals surface area contributed by atoms with Gasteiger partial charge in [0.1, 0.15) is 0 Å². The molecule has 132 valence electrons. The molecule has 0 radical (unpaired) electrons. The number of hydrogen-bond donors (Lipinski definition) is 3. The third-order valence-electron chi connectivity index (χ3n) is 4.30. The number of rotatable bonds is 6. The average molecular weight is 331 g/mol. The Bertz CT molecular complexity index is 534. The zero-order valence-corrected chi connectivity index (χ0v) is 14.7. The molecule has 0 unspecified atom stereocenters. The van der Waals surface area contributed by atoms with Crippen LogP contribution < -0.4 is 16.0 Å². The van der Waals surface area contributed by atoms with Crippen LogP contribution in [0.2, 0.25) is 0 Å². The topological polar surface area (TPSA) is 70.2 Å². The zero-order chi connectivity index (χ0) is 17.4. The summed E-state index contributed by atoms with van der Waals surface area (Å²) in [6.07, 6.45) is 6.80. The maximum Gasteiger partial charge on any atom is 0.319 e. The Morgan fingerprint density at radius 2 is 1.58 bits per heavy atom. The summed E-state index contributed by atoms with van der Waals surface area (Å²) in [6.45, 7) is 4.77. The van der Waals surface area contributed by atoms with Crippen molar-refractivity contribution in [1.29, 1.82) is 0 Å². The standard InChI is InChI=1S/C19H29N3O2/c1-14(2)12-18(23)21-16-8-10-17(11-9-16)22-19(24)20-13-15-6-4-3-5-7-15/h8-11,14-15H,3-7,12-13H2,1-2H3,(H,21,23)(H2,20,22,24). The van der Waals surface area contributed by atoms with Crippen LogP contribution in [-0.4, -0.2) is 18.5 Å². The Labute approximate surface area is 144 Å². The minimum atomic E-state index is -0.169. The number of urea groups is 1. The van der Waals surface area contributed by atoms with E-state index < -0.39 is 0 Å². The van der Waals surface area contributed by atoms with Gasteiger partial charge in [-0.1, -0.05) is 33.1 Å². The predicted octanol–water partition coefficient (Wildman–Crippen LogP) is 4.37. The van der Waals surface area contributed by atoms with Crippen molar-refractivity contribution in [3.8, 4) is 0 Å². The lowest BCUT2D eigenvalue weighted by Crippen LogP contribution is -2.33. The highest BCUT2D eigenvalue weighted by Gasteiger charge is 2.14. The van der Waals surface area contributed by atoms with Crippen LogP contribution in [0.15, 0.2) is 24.3 Å². The molecule has 1 aliphatic rings. The fourth-order valence-corrected chi connectivity index (χ4v) is 3.02. The van der Waals surface area contributed by atoms with Gasteiger partial charge in [0.05, 0.1) is 0 Å². The quantitative estimate of drug-likeness (QED) is 0.724. The largest absolute Gasteiger partial charge is 0.338 e. The monoisotopic (exact) mass is 331 g/mol. The van der Waals surface area contributed by atoms with Gasteiger partial charge < -0.3 is 16.0 Å². The van der Waals surface area contributed by atoms with Gasteiger partial charge in [0.15, 0.2) is 0 Å². The molecule has 2 rings (SSSR count).